The number of aromatic nitrogens is 2. The average Bonchev–Trinajstić information content (AvgIpc) is 3.24. The molecule has 0 aliphatic heterocycles. The van der Waals surface area contributed by atoms with E-state index in [4.69, 9.17) is 9.97 Å². The predicted molar refractivity (Wildman–Crippen MR) is 161 cm³/mol. The molecule has 2 nitrogen and oxygen atoms in total. The highest BCUT2D eigenvalue weighted by Crippen LogP contribution is 2.49. The minimum absolute atomic E-state index is 0.0622. The number of hydrogen-bond acceptors (Lipinski definition) is 2. The van der Waals surface area contributed by atoms with Gasteiger partial charge >= 0.3 is 0 Å². The first kappa shape index (κ1) is 23.3. The molecule has 0 unspecified atom stereocenters. The van der Waals surface area contributed by atoms with Crippen molar-refractivity contribution in [3.05, 3.63) is 145 Å². The zero-order valence-electron chi connectivity index (χ0n) is 22.1. The summed E-state index contributed by atoms with van der Waals surface area (Å²) < 4.78 is 0. The summed E-state index contributed by atoms with van der Waals surface area (Å²) >= 11 is 0. The molecular weight excluding hydrogens is 472 g/mol. The van der Waals surface area contributed by atoms with E-state index in [0.29, 0.717) is 0 Å². The van der Waals surface area contributed by atoms with Gasteiger partial charge < -0.3 is 0 Å². The van der Waals surface area contributed by atoms with Crippen LogP contribution in [-0.2, 0) is 5.41 Å². The molecular formula is C37H28N2. The molecule has 2 heteroatoms. The van der Waals surface area contributed by atoms with Crippen LogP contribution in [-0.4, -0.2) is 9.97 Å². The average molecular weight is 501 g/mol. The van der Waals surface area contributed by atoms with Crippen molar-refractivity contribution < 1.29 is 0 Å². The Morgan fingerprint density at radius 3 is 1.64 bits per heavy atom. The van der Waals surface area contributed by atoms with E-state index in [2.05, 4.69) is 135 Å². The summed E-state index contributed by atoms with van der Waals surface area (Å²) in [7, 11) is 0. The topological polar surface area (TPSA) is 25.8 Å². The number of fused-ring (bicyclic) bond motifs is 3. The van der Waals surface area contributed by atoms with Gasteiger partial charge in [-0.2, -0.15) is 0 Å². The lowest BCUT2D eigenvalue weighted by molar-refractivity contribution is 0.660. The van der Waals surface area contributed by atoms with Crippen molar-refractivity contribution in [1.82, 2.24) is 9.97 Å². The molecule has 5 aromatic carbocycles. The van der Waals surface area contributed by atoms with Crippen LogP contribution in [0.5, 0.6) is 0 Å². The quantitative estimate of drug-likeness (QED) is 0.241. The first-order valence-corrected chi connectivity index (χ1v) is 13.4. The summed E-state index contributed by atoms with van der Waals surface area (Å²) in [6.45, 7) is 4.63. The summed E-state index contributed by atoms with van der Waals surface area (Å²) in [5.41, 5.74) is 12.7. The van der Waals surface area contributed by atoms with Gasteiger partial charge in [-0.3, -0.25) is 0 Å². The second-order valence-electron chi connectivity index (χ2n) is 10.7. The molecule has 1 aliphatic carbocycles. The van der Waals surface area contributed by atoms with Gasteiger partial charge in [0.25, 0.3) is 0 Å². The smallest absolute Gasteiger partial charge is 0.160 e. The van der Waals surface area contributed by atoms with E-state index >= 15 is 0 Å². The maximum atomic E-state index is 5.11. The molecule has 0 fully saturated rings. The van der Waals surface area contributed by atoms with Crippen LogP contribution in [0.2, 0.25) is 0 Å². The number of benzene rings is 5. The second-order valence-corrected chi connectivity index (χ2v) is 10.7. The van der Waals surface area contributed by atoms with Crippen molar-refractivity contribution >= 4 is 0 Å². The Bertz CT molecular complexity index is 1800. The SMILES string of the molecule is CC1(C)c2ccccc2-c2ccc(-c3cc(-c4ccccc4)nc(-c4ccc(-c5ccccc5)cc4)n3)cc21. The largest absolute Gasteiger partial charge is 0.228 e. The van der Waals surface area contributed by atoms with E-state index in [0.717, 1.165) is 33.9 Å². The maximum absolute atomic E-state index is 5.11. The van der Waals surface area contributed by atoms with Gasteiger partial charge in [0.1, 0.15) is 0 Å². The van der Waals surface area contributed by atoms with Crippen molar-refractivity contribution in [2.75, 3.05) is 0 Å². The molecule has 0 amide bonds. The Kier molecular flexibility index (Phi) is 5.49. The fourth-order valence-corrected chi connectivity index (χ4v) is 5.79. The van der Waals surface area contributed by atoms with Crippen LogP contribution in [0.3, 0.4) is 0 Å². The molecule has 1 aromatic heterocycles. The molecule has 0 radical (unpaired) electrons. The van der Waals surface area contributed by atoms with Crippen molar-refractivity contribution in [2.24, 2.45) is 0 Å². The zero-order chi connectivity index (χ0) is 26.4. The summed E-state index contributed by atoms with van der Waals surface area (Å²) in [5.74, 6) is 0.731. The number of hydrogen-bond donors (Lipinski definition) is 0. The Labute approximate surface area is 229 Å². The molecule has 0 bridgehead atoms. The fourth-order valence-electron chi connectivity index (χ4n) is 5.79. The number of nitrogens with zero attached hydrogens (tertiary/aromatic N) is 2. The first-order valence-electron chi connectivity index (χ1n) is 13.4. The van der Waals surface area contributed by atoms with Gasteiger partial charge in [-0.05, 0) is 45.5 Å². The minimum atomic E-state index is -0.0622. The van der Waals surface area contributed by atoms with Gasteiger partial charge in [0, 0.05) is 22.1 Å². The Morgan fingerprint density at radius 1 is 0.410 bits per heavy atom. The van der Waals surface area contributed by atoms with E-state index in [1.807, 2.05) is 12.1 Å². The van der Waals surface area contributed by atoms with Gasteiger partial charge in [-0.25, -0.2) is 9.97 Å². The van der Waals surface area contributed by atoms with Gasteiger partial charge in [0.05, 0.1) is 11.4 Å². The van der Waals surface area contributed by atoms with Crippen LogP contribution in [0.25, 0.3) is 56.2 Å². The molecule has 186 valence electrons. The molecule has 39 heavy (non-hydrogen) atoms. The molecule has 6 aromatic rings. The van der Waals surface area contributed by atoms with Gasteiger partial charge in [0.2, 0.25) is 0 Å². The lowest BCUT2D eigenvalue weighted by Gasteiger charge is -2.22. The van der Waals surface area contributed by atoms with E-state index in [-0.39, 0.29) is 5.41 Å². The molecule has 0 saturated heterocycles. The zero-order valence-corrected chi connectivity index (χ0v) is 22.1. The summed E-state index contributed by atoms with van der Waals surface area (Å²) in [5, 5.41) is 0. The van der Waals surface area contributed by atoms with Crippen LogP contribution in [0.1, 0.15) is 25.0 Å². The second kappa shape index (κ2) is 9.18. The molecule has 0 spiro atoms. The van der Waals surface area contributed by atoms with E-state index in [9.17, 15) is 0 Å². The third-order valence-corrected chi connectivity index (χ3v) is 7.93. The van der Waals surface area contributed by atoms with Crippen molar-refractivity contribution in [2.45, 2.75) is 19.3 Å². The lowest BCUT2D eigenvalue weighted by atomic mass is 9.82. The molecule has 0 N–H and O–H groups in total. The van der Waals surface area contributed by atoms with E-state index in [1.54, 1.807) is 0 Å². The summed E-state index contributed by atoms with van der Waals surface area (Å²) in [6.07, 6.45) is 0. The van der Waals surface area contributed by atoms with E-state index in [1.165, 1.54) is 33.4 Å². The Morgan fingerprint density at radius 2 is 0.923 bits per heavy atom. The molecule has 1 heterocycles. The standard InChI is InChI=1S/C37H28N2/c1-37(2)32-16-10-9-15-30(32)31-22-21-29(23-33(31)37)35-24-34(27-13-7-4-8-14-27)38-36(39-35)28-19-17-26(18-20-28)25-11-5-3-6-12-25/h3-24H,1-2H3. The van der Waals surface area contributed by atoms with Crippen molar-refractivity contribution in [1.29, 1.82) is 0 Å². The van der Waals surface area contributed by atoms with Crippen molar-refractivity contribution in [3.8, 4) is 56.2 Å². The minimum Gasteiger partial charge on any atom is -0.228 e. The molecule has 1 aliphatic rings. The highest BCUT2D eigenvalue weighted by Gasteiger charge is 2.35. The normalized spacial score (nSPS) is 13.1. The lowest BCUT2D eigenvalue weighted by Crippen LogP contribution is -2.14. The van der Waals surface area contributed by atoms with Crippen LogP contribution in [0.4, 0.5) is 0 Å². The highest BCUT2D eigenvalue weighted by molar-refractivity contribution is 5.84. The van der Waals surface area contributed by atoms with Crippen LogP contribution in [0.15, 0.2) is 133 Å². The fraction of sp³-hybridized carbons (Fsp3) is 0.0811. The summed E-state index contributed by atoms with van der Waals surface area (Å²) in [6, 6.07) is 47.0. The number of rotatable bonds is 4. The predicted octanol–water partition coefficient (Wildman–Crippen LogP) is 9.45. The Balaban J connectivity index is 1.35. The van der Waals surface area contributed by atoms with Gasteiger partial charge in [0.15, 0.2) is 5.82 Å². The first-order chi connectivity index (χ1) is 19.1. The van der Waals surface area contributed by atoms with Gasteiger partial charge in [-0.15, -0.1) is 0 Å². The van der Waals surface area contributed by atoms with Gasteiger partial charge in [-0.1, -0.05) is 135 Å². The molecule has 0 atom stereocenters. The molecule has 7 rings (SSSR count). The maximum Gasteiger partial charge on any atom is 0.160 e. The summed E-state index contributed by atoms with van der Waals surface area (Å²) in [4.78, 5) is 10.1. The van der Waals surface area contributed by atoms with E-state index < -0.39 is 0 Å². The third-order valence-electron chi connectivity index (χ3n) is 7.93. The Hall–Kier alpha value is -4.82. The van der Waals surface area contributed by atoms with Crippen LogP contribution in [0, 0.1) is 0 Å². The highest BCUT2D eigenvalue weighted by atomic mass is 14.9. The van der Waals surface area contributed by atoms with Crippen molar-refractivity contribution in [3.63, 3.8) is 0 Å². The third kappa shape index (κ3) is 4.06. The van der Waals surface area contributed by atoms with Crippen LogP contribution < -0.4 is 0 Å². The monoisotopic (exact) mass is 500 g/mol. The van der Waals surface area contributed by atoms with Crippen LogP contribution >= 0.6 is 0 Å². The molecule has 0 saturated carbocycles.